The van der Waals surface area contributed by atoms with E-state index in [4.69, 9.17) is 0 Å². The van der Waals surface area contributed by atoms with Gasteiger partial charge in [0.1, 0.15) is 0 Å². The van der Waals surface area contributed by atoms with Crippen LogP contribution in [0.25, 0.3) is 0 Å². The molecule has 6 nitrogen and oxygen atoms in total. The summed E-state index contributed by atoms with van der Waals surface area (Å²) in [6.45, 7) is 6.78. The monoisotopic (exact) mass is 369 g/mol. The van der Waals surface area contributed by atoms with Crippen molar-refractivity contribution in [2.75, 3.05) is 22.3 Å². The second kappa shape index (κ2) is 11.0. The number of nitrogens with one attached hydrogen (secondary N) is 3. The number of sulfonamides is 1. The van der Waals surface area contributed by atoms with Crippen LogP contribution in [0.1, 0.15) is 52.9 Å². The Bertz CT molecular complexity index is 615. The number of hydrogen-bond donors (Lipinski definition) is 3. The second-order valence-corrected chi connectivity index (χ2v) is 8.09. The van der Waals surface area contributed by atoms with Gasteiger partial charge in [-0.3, -0.25) is 4.72 Å². The number of carbonyl (C=O) groups is 1. The van der Waals surface area contributed by atoms with Crippen molar-refractivity contribution in [3.63, 3.8) is 0 Å². The van der Waals surface area contributed by atoms with Gasteiger partial charge in [-0.15, -0.1) is 0 Å². The fourth-order valence-electron chi connectivity index (χ4n) is 2.48. The summed E-state index contributed by atoms with van der Waals surface area (Å²) in [6, 6.07) is 6.39. The van der Waals surface area contributed by atoms with E-state index in [1.807, 2.05) is 6.92 Å². The van der Waals surface area contributed by atoms with Crippen LogP contribution < -0.4 is 15.4 Å². The van der Waals surface area contributed by atoms with Crippen molar-refractivity contribution in [3.8, 4) is 0 Å². The summed E-state index contributed by atoms with van der Waals surface area (Å²) in [5.41, 5.74) is 1.11. The zero-order chi connectivity index (χ0) is 18.7. The predicted molar refractivity (Wildman–Crippen MR) is 104 cm³/mol. The van der Waals surface area contributed by atoms with E-state index in [0.29, 0.717) is 30.3 Å². The zero-order valence-corrected chi connectivity index (χ0v) is 16.3. The second-order valence-electron chi connectivity index (χ2n) is 6.25. The standard InChI is InChI=1S/C18H31N3O3S/c1-4-7-8-15(6-3)14-19-18(22)20-16-9-11-17(12-10-16)21-25(23,24)13-5-2/h9-12,15,21H,4-8,13-14H2,1-3H3,(H2,19,20,22). The molecule has 7 heteroatoms. The molecule has 0 aromatic heterocycles. The van der Waals surface area contributed by atoms with E-state index in [0.717, 1.165) is 19.3 Å². The summed E-state index contributed by atoms with van der Waals surface area (Å²) in [5.74, 6) is 0.590. The van der Waals surface area contributed by atoms with Crippen molar-refractivity contribution in [1.29, 1.82) is 0 Å². The van der Waals surface area contributed by atoms with Crippen molar-refractivity contribution in [1.82, 2.24) is 5.32 Å². The first-order valence-electron chi connectivity index (χ1n) is 9.05. The molecule has 1 rings (SSSR count). The Morgan fingerprint density at radius 2 is 1.68 bits per heavy atom. The average molecular weight is 370 g/mol. The quantitative estimate of drug-likeness (QED) is 0.547. The van der Waals surface area contributed by atoms with Gasteiger partial charge in [0, 0.05) is 17.9 Å². The lowest BCUT2D eigenvalue weighted by Crippen LogP contribution is -2.33. The fourth-order valence-corrected chi connectivity index (χ4v) is 3.61. The molecule has 0 radical (unpaired) electrons. The summed E-state index contributed by atoms with van der Waals surface area (Å²) >= 11 is 0. The molecule has 3 N–H and O–H groups in total. The van der Waals surface area contributed by atoms with Crippen LogP contribution in [0, 0.1) is 5.92 Å². The van der Waals surface area contributed by atoms with Gasteiger partial charge < -0.3 is 10.6 Å². The molecule has 0 aliphatic rings. The number of urea groups is 1. The van der Waals surface area contributed by atoms with Gasteiger partial charge in [0.2, 0.25) is 10.0 Å². The van der Waals surface area contributed by atoms with Crippen LogP contribution in [-0.2, 0) is 10.0 Å². The number of unbranched alkanes of at least 4 members (excludes halogenated alkanes) is 1. The molecular weight excluding hydrogens is 338 g/mol. The van der Waals surface area contributed by atoms with Crippen LogP contribution in [0.15, 0.2) is 24.3 Å². The van der Waals surface area contributed by atoms with E-state index in [1.165, 1.54) is 6.42 Å². The SMILES string of the molecule is CCCCC(CC)CNC(=O)Nc1ccc(NS(=O)(=O)CCC)cc1. The minimum Gasteiger partial charge on any atom is -0.338 e. The summed E-state index contributed by atoms with van der Waals surface area (Å²) in [7, 11) is -3.30. The van der Waals surface area contributed by atoms with Crippen molar-refractivity contribution in [2.45, 2.75) is 52.9 Å². The van der Waals surface area contributed by atoms with Crippen LogP contribution in [0.5, 0.6) is 0 Å². The third kappa shape index (κ3) is 8.77. The van der Waals surface area contributed by atoms with Crippen LogP contribution in [0.3, 0.4) is 0 Å². The van der Waals surface area contributed by atoms with Crippen molar-refractivity contribution < 1.29 is 13.2 Å². The Morgan fingerprint density at radius 3 is 2.24 bits per heavy atom. The van der Waals surface area contributed by atoms with E-state index in [-0.39, 0.29) is 11.8 Å². The maximum absolute atomic E-state index is 12.0. The fraction of sp³-hybridized carbons (Fsp3) is 0.611. The summed E-state index contributed by atoms with van der Waals surface area (Å²) in [4.78, 5) is 12.0. The van der Waals surface area contributed by atoms with E-state index >= 15 is 0 Å². The smallest absolute Gasteiger partial charge is 0.319 e. The Balaban J connectivity index is 2.47. The Labute approximate surface area is 151 Å². The molecule has 0 aliphatic carbocycles. The van der Waals surface area contributed by atoms with Gasteiger partial charge in [0.15, 0.2) is 0 Å². The third-order valence-electron chi connectivity index (χ3n) is 3.98. The molecule has 2 amide bonds. The van der Waals surface area contributed by atoms with Gasteiger partial charge in [-0.05, 0) is 43.0 Å². The lowest BCUT2D eigenvalue weighted by molar-refractivity contribution is 0.249. The van der Waals surface area contributed by atoms with Gasteiger partial charge in [-0.25, -0.2) is 13.2 Å². The van der Waals surface area contributed by atoms with Gasteiger partial charge in [-0.1, -0.05) is 40.0 Å². The summed E-state index contributed by atoms with van der Waals surface area (Å²) in [6.07, 6.45) is 5.08. The molecule has 0 saturated heterocycles. The minimum absolute atomic E-state index is 0.0893. The van der Waals surface area contributed by atoms with Gasteiger partial charge in [0.05, 0.1) is 5.75 Å². The number of anilines is 2. The van der Waals surface area contributed by atoms with E-state index in [9.17, 15) is 13.2 Å². The first-order valence-corrected chi connectivity index (χ1v) is 10.7. The zero-order valence-electron chi connectivity index (χ0n) is 15.5. The summed E-state index contributed by atoms with van der Waals surface area (Å²) in [5, 5.41) is 5.66. The highest BCUT2D eigenvalue weighted by Crippen LogP contribution is 2.15. The van der Waals surface area contributed by atoms with Crippen LogP contribution in [0.2, 0.25) is 0 Å². The number of amides is 2. The molecule has 0 heterocycles. The van der Waals surface area contributed by atoms with E-state index in [2.05, 4.69) is 29.2 Å². The molecule has 25 heavy (non-hydrogen) atoms. The van der Waals surface area contributed by atoms with Gasteiger partial charge >= 0.3 is 6.03 Å². The first-order chi connectivity index (χ1) is 11.9. The maximum Gasteiger partial charge on any atom is 0.319 e. The molecule has 0 aliphatic heterocycles. The molecular formula is C18H31N3O3S. The molecule has 1 aromatic carbocycles. The van der Waals surface area contributed by atoms with E-state index < -0.39 is 10.0 Å². The Hall–Kier alpha value is -1.76. The Morgan fingerprint density at radius 1 is 1.04 bits per heavy atom. The topological polar surface area (TPSA) is 87.3 Å². The summed E-state index contributed by atoms with van der Waals surface area (Å²) < 4.78 is 26.0. The highest BCUT2D eigenvalue weighted by atomic mass is 32.2. The molecule has 142 valence electrons. The Kier molecular flexibility index (Phi) is 9.34. The highest BCUT2D eigenvalue weighted by Gasteiger charge is 2.10. The lowest BCUT2D eigenvalue weighted by Gasteiger charge is -2.15. The number of carbonyl (C=O) groups excluding carboxylic acids is 1. The van der Waals surface area contributed by atoms with Crippen LogP contribution in [-0.4, -0.2) is 26.7 Å². The lowest BCUT2D eigenvalue weighted by atomic mass is 9.99. The highest BCUT2D eigenvalue weighted by molar-refractivity contribution is 7.92. The van der Waals surface area contributed by atoms with E-state index in [1.54, 1.807) is 24.3 Å². The average Bonchev–Trinajstić information content (AvgIpc) is 2.56. The molecule has 0 bridgehead atoms. The first kappa shape index (κ1) is 21.3. The van der Waals surface area contributed by atoms with Crippen molar-refractivity contribution in [3.05, 3.63) is 24.3 Å². The van der Waals surface area contributed by atoms with Gasteiger partial charge in [0.25, 0.3) is 0 Å². The molecule has 1 atom stereocenters. The predicted octanol–water partition coefficient (Wildman–Crippen LogP) is 4.18. The largest absolute Gasteiger partial charge is 0.338 e. The number of rotatable bonds is 11. The van der Waals surface area contributed by atoms with Gasteiger partial charge in [-0.2, -0.15) is 0 Å². The number of hydrogen-bond acceptors (Lipinski definition) is 3. The molecule has 0 fully saturated rings. The van der Waals surface area contributed by atoms with Crippen molar-refractivity contribution in [2.24, 2.45) is 5.92 Å². The molecule has 0 spiro atoms. The molecule has 0 saturated carbocycles. The third-order valence-corrected chi connectivity index (χ3v) is 5.48. The molecule has 1 unspecified atom stereocenters. The maximum atomic E-state index is 12.0. The normalized spacial score (nSPS) is 12.4. The molecule has 1 aromatic rings. The number of benzene rings is 1. The minimum atomic E-state index is -3.30. The van der Waals surface area contributed by atoms with Crippen LogP contribution >= 0.6 is 0 Å². The van der Waals surface area contributed by atoms with Crippen molar-refractivity contribution >= 4 is 27.4 Å². The van der Waals surface area contributed by atoms with Crippen LogP contribution in [0.4, 0.5) is 16.2 Å².